The summed E-state index contributed by atoms with van der Waals surface area (Å²) in [6, 6.07) is 3.75. The molecule has 7 heteroatoms. The monoisotopic (exact) mass is 434 g/mol. The molecule has 0 unspecified atom stereocenters. The lowest BCUT2D eigenvalue weighted by Crippen LogP contribution is -2.34. The van der Waals surface area contributed by atoms with E-state index in [0.29, 0.717) is 5.75 Å². The van der Waals surface area contributed by atoms with Crippen molar-refractivity contribution < 1.29 is 23.8 Å². The number of nitrogens with zero attached hydrogens (tertiary/aromatic N) is 1. The lowest BCUT2D eigenvalue weighted by molar-refractivity contribution is -0.530. The van der Waals surface area contributed by atoms with Gasteiger partial charge in [0.25, 0.3) is 0 Å². The zero-order chi connectivity index (χ0) is 24.2. The number of carbonyl (C=O) groups excluding carboxylic acids is 2. The summed E-state index contributed by atoms with van der Waals surface area (Å²) in [7, 11) is 0. The van der Waals surface area contributed by atoms with Gasteiger partial charge >= 0.3 is 12.1 Å². The highest BCUT2D eigenvalue weighted by molar-refractivity contribution is 5.81. The van der Waals surface area contributed by atoms with Crippen LogP contribution in [0.3, 0.4) is 0 Å². The summed E-state index contributed by atoms with van der Waals surface area (Å²) in [5.74, 6) is -0.0964. The van der Waals surface area contributed by atoms with Crippen molar-refractivity contribution in [1.82, 2.24) is 5.32 Å². The number of amides is 1. The van der Waals surface area contributed by atoms with E-state index in [1.807, 2.05) is 74.4 Å². The van der Waals surface area contributed by atoms with Gasteiger partial charge in [0.1, 0.15) is 12.3 Å². The molecule has 0 atom stereocenters. The molecule has 0 heterocycles. The van der Waals surface area contributed by atoms with Gasteiger partial charge in [-0.05, 0) is 29.9 Å². The molecule has 1 N–H and O–H groups in total. The van der Waals surface area contributed by atoms with E-state index in [2.05, 4.69) is 5.32 Å². The summed E-state index contributed by atoms with van der Waals surface area (Å²) in [6.45, 7) is 19.3. The highest BCUT2D eigenvalue weighted by Gasteiger charge is 2.30. The maximum absolute atomic E-state index is 12.5. The second-order valence-corrected chi connectivity index (χ2v) is 10.6. The van der Waals surface area contributed by atoms with Gasteiger partial charge in [0, 0.05) is 37.5 Å². The molecule has 174 valence electrons. The molecular formula is C24H38N2O5. The molecule has 0 spiro atoms. The maximum atomic E-state index is 12.5. The zero-order valence-corrected chi connectivity index (χ0v) is 20.6. The molecule has 0 aliphatic rings. The number of esters is 1. The van der Waals surface area contributed by atoms with E-state index in [9.17, 15) is 14.8 Å². The van der Waals surface area contributed by atoms with E-state index < -0.39 is 17.6 Å². The normalized spacial score (nSPS) is 13.0. The Kier molecular flexibility index (Phi) is 8.29. The van der Waals surface area contributed by atoms with Gasteiger partial charge in [0.2, 0.25) is 0 Å². The number of hydrogen-bond donors (Lipinski definition) is 1. The summed E-state index contributed by atoms with van der Waals surface area (Å²) < 4.78 is 11.5. The van der Waals surface area contributed by atoms with Crippen LogP contribution in [0.4, 0.5) is 4.79 Å². The first-order valence-corrected chi connectivity index (χ1v) is 10.6. The number of nitrogens with one attached hydrogen (secondary N) is 1. The predicted octanol–water partition coefficient (Wildman–Crippen LogP) is 4.66. The highest BCUT2D eigenvalue weighted by atomic mass is 16.6. The van der Waals surface area contributed by atoms with Crippen LogP contribution in [0.2, 0.25) is 0 Å². The van der Waals surface area contributed by atoms with Crippen molar-refractivity contribution in [2.24, 2.45) is 0 Å². The van der Waals surface area contributed by atoms with E-state index in [-0.39, 0.29) is 24.0 Å². The van der Waals surface area contributed by atoms with E-state index in [0.717, 1.165) is 21.4 Å². The minimum absolute atomic E-state index is 0.237. The third-order valence-electron chi connectivity index (χ3n) is 4.53. The van der Waals surface area contributed by atoms with E-state index in [1.54, 1.807) is 13.1 Å². The van der Waals surface area contributed by atoms with Crippen LogP contribution in [0.1, 0.15) is 85.9 Å². The van der Waals surface area contributed by atoms with Crippen LogP contribution in [0.25, 0.3) is 0 Å². The number of ether oxygens (including phenoxy) is 2. The van der Waals surface area contributed by atoms with Crippen molar-refractivity contribution in [3.05, 3.63) is 34.0 Å². The number of benzene rings is 1. The maximum Gasteiger partial charge on any atom is 0.413 e. The third-order valence-corrected chi connectivity index (χ3v) is 4.53. The fraction of sp³-hybridized carbons (Fsp3) is 0.625. The smallest absolute Gasteiger partial charge is 0.413 e. The van der Waals surface area contributed by atoms with Crippen molar-refractivity contribution in [3.8, 4) is 5.75 Å². The highest BCUT2D eigenvalue weighted by Crippen LogP contribution is 2.40. The average Bonchev–Trinajstić information content (AvgIpc) is 2.58. The molecule has 0 radical (unpaired) electrons. The number of rotatable bonds is 5. The molecule has 1 amide bonds. The van der Waals surface area contributed by atoms with Crippen LogP contribution < -0.4 is 10.1 Å². The first-order chi connectivity index (χ1) is 14.0. The number of hydroxylamine groups is 1. The Morgan fingerprint density at radius 3 is 1.87 bits per heavy atom. The number of hydrogen-bond acceptors (Lipinski definition) is 5. The van der Waals surface area contributed by atoms with Gasteiger partial charge in [0.15, 0.2) is 11.8 Å². The molecule has 0 aliphatic carbocycles. The lowest BCUT2D eigenvalue weighted by Gasteiger charge is -2.29. The molecule has 1 rings (SSSR count). The Bertz CT molecular complexity index is 802. The van der Waals surface area contributed by atoms with E-state index in [1.165, 1.54) is 0 Å². The molecule has 1 aromatic carbocycles. The van der Waals surface area contributed by atoms with Gasteiger partial charge in [-0.3, -0.25) is 4.79 Å². The molecule has 0 fully saturated rings. The first kappa shape index (κ1) is 26.5. The van der Waals surface area contributed by atoms with Crippen LogP contribution in [0.5, 0.6) is 5.75 Å². The summed E-state index contributed by atoms with van der Waals surface area (Å²) in [5, 5.41) is 15.0. The summed E-state index contributed by atoms with van der Waals surface area (Å²) in [5.41, 5.74) is 1.01. The van der Waals surface area contributed by atoms with Crippen LogP contribution in [-0.4, -0.2) is 41.7 Å². The van der Waals surface area contributed by atoms with Crippen LogP contribution in [-0.2, 0) is 20.4 Å². The molecule has 0 saturated heterocycles. The SMILES string of the molecule is CCOC(=O)CNC(=O)Oc1c(C(C)(C)C)cc(C=[N+]([O-])C(C)(C)C)cc1C(C)(C)C. The van der Waals surface area contributed by atoms with Crippen molar-refractivity contribution in [2.75, 3.05) is 13.2 Å². The molecule has 0 saturated carbocycles. The van der Waals surface area contributed by atoms with Gasteiger partial charge in [0.05, 0.1) is 6.61 Å². The standard InChI is InChI=1S/C24H38N2O5/c1-11-30-19(27)14-25-21(28)31-20-17(22(2,3)4)12-16(13-18(20)23(5,6)7)15-26(29)24(8,9)10/h12-13,15H,11,14H2,1-10H3,(H,25,28). The van der Waals surface area contributed by atoms with E-state index >= 15 is 0 Å². The van der Waals surface area contributed by atoms with Crippen LogP contribution >= 0.6 is 0 Å². The van der Waals surface area contributed by atoms with Crippen molar-refractivity contribution in [2.45, 2.75) is 85.6 Å². The molecule has 7 nitrogen and oxygen atoms in total. The van der Waals surface area contributed by atoms with Crippen molar-refractivity contribution in [3.63, 3.8) is 0 Å². The minimum Gasteiger partial charge on any atom is -0.623 e. The Morgan fingerprint density at radius 1 is 1.00 bits per heavy atom. The second kappa shape index (κ2) is 9.71. The van der Waals surface area contributed by atoms with Gasteiger partial charge in [-0.25, -0.2) is 9.53 Å². The molecule has 0 aliphatic heterocycles. The summed E-state index contributed by atoms with van der Waals surface area (Å²) >= 11 is 0. The minimum atomic E-state index is -0.735. The van der Waals surface area contributed by atoms with E-state index in [4.69, 9.17) is 9.47 Å². The summed E-state index contributed by atoms with van der Waals surface area (Å²) in [4.78, 5) is 24.0. The van der Waals surface area contributed by atoms with Crippen LogP contribution in [0.15, 0.2) is 12.1 Å². The molecule has 1 aromatic rings. The topological polar surface area (TPSA) is 90.7 Å². The molecule has 31 heavy (non-hydrogen) atoms. The quantitative estimate of drug-likeness (QED) is 0.239. The molecular weight excluding hydrogens is 396 g/mol. The Balaban J connectivity index is 3.51. The Morgan fingerprint density at radius 2 is 1.48 bits per heavy atom. The third kappa shape index (κ3) is 7.89. The largest absolute Gasteiger partial charge is 0.623 e. The molecule has 0 bridgehead atoms. The summed E-state index contributed by atoms with van der Waals surface area (Å²) in [6.07, 6.45) is 0.829. The predicted molar refractivity (Wildman–Crippen MR) is 123 cm³/mol. The van der Waals surface area contributed by atoms with Crippen molar-refractivity contribution in [1.29, 1.82) is 0 Å². The Hall–Kier alpha value is -2.57. The molecule has 0 aromatic heterocycles. The van der Waals surface area contributed by atoms with Gasteiger partial charge in [-0.15, -0.1) is 0 Å². The zero-order valence-electron chi connectivity index (χ0n) is 20.6. The first-order valence-electron chi connectivity index (χ1n) is 10.6. The van der Waals surface area contributed by atoms with Gasteiger partial charge in [-0.1, -0.05) is 41.5 Å². The lowest BCUT2D eigenvalue weighted by atomic mass is 9.78. The average molecular weight is 435 g/mol. The fourth-order valence-electron chi connectivity index (χ4n) is 2.76. The van der Waals surface area contributed by atoms with Gasteiger partial charge in [-0.2, -0.15) is 0 Å². The van der Waals surface area contributed by atoms with Crippen molar-refractivity contribution >= 4 is 18.3 Å². The van der Waals surface area contributed by atoms with Gasteiger partial charge < -0.3 is 20.0 Å². The number of carbonyl (C=O) groups is 2. The Labute approximate surface area is 186 Å². The fourth-order valence-corrected chi connectivity index (χ4v) is 2.76. The second-order valence-electron chi connectivity index (χ2n) is 10.6. The van der Waals surface area contributed by atoms with Crippen LogP contribution in [0, 0.1) is 5.21 Å².